The third kappa shape index (κ3) is 4.33. The number of amides is 2. The van der Waals surface area contributed by atoms with Crippen molar-refractivity contribution >= 4 is 11.8 Å². The number of hydrogen-bond acceptors (Lipinski definition) is 4. The van der Waals surface area contributed by atoms with E-state index in [0.29, 0.717) is 19.5 Å². The van der Waals surface area contributed by atoms with Gasteiger partial charge in [-0.3, -0.25) is 9.59 Å². The van der Waals surface area contributed by atoms with Gasteiger partial charge in [0, 0.05) is 38.0 Å². The number of rotatable bonds is 6. The summed E-state index contributed by atoms with van der Waals surface area (Å²) in [6.45, 7) is 4.93. The largest absolute Gasteiger partial charge is 0.342 e. The van der Waals surface area contributed by atoms with E-state index in [1.165, 1.54) is 11.9 Å². The Labute approximate surface area is 171 Å². The van der Waals surface area contributed by atoms with Gasteiger partial charge in [0.25, 0.3) is 0 Å². The SMILES string of the molecule is C[C@@H](C(=O)N1CCC2(CC1)CC(=O)N(CCCc1ccccc1)C2)n1cncn1. The molecule has 0 bridgehead atoms. The summed E-state index contributed by atoms with van der Waals surface area (Å²) in [5, 5.41) is 4.08. The second-order valence-corrected chi connectivity index (χ2v) is 8.46. The van der Waals surface area contributed by atoms with Gasteiger partial charge < -0.3 is 9.80 Å². The van der Waals surface area contributed by atoms with Crippen molar-refractivity contribution in [2.24, 2.45) is 5.41 Å². The predicted octanol–water partition coefficient (Wildman–Crippen LogP) is 2.31. The maximum Gasteiger partial charge on any atom is 0.247 e. The highest BCUT2D eigenvalue weighted by molar-refractivity contribution is 5.81. The molecule has 7 heteroatoms. The quantitative estimate of drug-likeness (QED) is 0.753. The highest BCUT2D eigenvalue weighted by atomic mass is 16.2. The predicted molar refractivity (Wildman–Crippen MR) is 109 cm³/mol. The number of benzene rings is 1. The zero-order valence-electron chi connectivity index (χ0n) is 17.0. The molecule has 154 valence electrons. The number of hydrogen-bond donors (Lipinski definition) is 0. The first-order valence-corrected chi connectivity index (χ1v) is 10.5. The molecule has 1 spiro atoms. The van der Waals surface area contributed by atoms with Crippen LogP contribution in [0.5, 0.6) is 0 Å². The molecule has 0 unspecified atom stereocenters. The van der Waals surface area contributed by atoms with Crippen molar-refractivity contribution in [3.63, 3.8) is 0 Å². The van der Waals surface area contributed by atoms with Crippen molar-refractivity contribution in [3.05, 3.63) is 48.5 Å². The first kappa shape index (κ1) is 19.6. The van der Waals surface area contributed by atoms with Gasteiger partial charge in [0.15, 0.2) is 0 Å². The summed E-state index contributed by atoms with van der Waals surface area (Å²) in [5.74, 6) is 0.350. The zero-order chi connectivity index (χ0) is 20.3. The summed E-state index contributed by atoms with van der Waals surface area (Å²) in [4.78, 5) is 33.2. The van der Waals surface area contributed by atoms with Crippen LogP contribution < -0.4 is 0 Å². The number of likely N-dealkylation sites (tertiary alicyclic amines) is 2. The number of carbonyl (C=O) groups excluding carboxylic acids is 2. The average Bonchev–Trinajstić information content (AvgIpc) is 3.37. The maximum absolute atomic E-state index is 12.8. The lowest BCUT2D eigenvalue weighted by Gasteiger charge is -2.39. The van der Waals surface area contributed by atoms with Gasteiger partial charge in [-0.25, -0.2) is 9.67 Å². The summed E-state index contributed by atoms with van der Waals surface area (Å²) >= 11 is 0. The Morgan fingerprint density at radius 2 is 1.97 bits per heavy atom. The summed E-state index contributed by atoms with van der Waals surface area (Å²) in [6.07, 6.45) is 7.43. The molecule has 2 aliphatic rings. The Bertz CT molecular complexity index is 828. The van der Waals surface area contributed by atoms with Gasteiger partial charge in [-0.05, 0) is 38.2 Å². The molecule has 7 nitrogen and oxygen atoms in total. The average molecular weight is 396 g/mol. The van der Waals surface area contributed by atoms with Crippen molar-refractivity contribution in [2.45, 2.75) is 45.1 Å². The lowest BCUT2D eigenvalue weighted by atomic mass is 9.77. The van der Waals surface area contributed by atoms with Crippen LogP contribution in [0.4, 0.5) is 0 Å². The fourth-order valence-corrected chi connectivity index (χ4v) is 4.64. The van der Waals surface area contributed by atoms with E-state index < -0.39 is 0 Å². The molecule has 0 N–H and O–H groups in total. The molecule has 0 radical (unpaired) electrons. The van der Waals surface area contributed by atoms with Gasteiger partial charge in [-0.1, -0.05) is 30.3 Å². The topological polar surface area (TPSA) is 71.3 Å². The van der Waals surface area contributed by atoms with Gasteiger partial charge in [-0.15, -0.1) is 0 Å². The zero-order valence-corrected chi connectivity index (χ0v) is 17.0. The highest BCUT2D eigenvalue weighted by Crippen LogP contribution is 2.41. The Kier molecular flexibility index (Phi) is 5.65. The first-order chi connectivity index (χ1) is 14.1. The van der Waals surface area contributed by atoms with Crippen molar-refractivity contribution < 1.29 is 9.59 Å². The number of carbonyl (C=O) groups is 2. The molecule has 1 aromatic carbocycles. The minimum absolute atomic E-state index is 0.0388. The molecule has 0 saturated carbocycles. The van der Waals surface area contributed by atoms with Gasteiger partial charge >= 0.3 is 0 Å². The van der Waals surface area contributed by atoms with Gasteiger partial charge in [0.1, 0.15) is 18.7 Å². The van der Waals surface area contributed by atoms with Crippen LogP contribution in [0.2, 0.25) is 0 Å². The van der Waals surface area contributed by atoms with Crippen LogP contribution >= 0.6 is 0 Å². The maximum atomic E-state index is 12.8. The fourth-order valence-electron chi connectivity index (χ4n) is 4.64. The summed E-state index contributed by atoms with van der Waals surface area (Å²) in [6, 6.07) is 10.1. The second-order valence-electron chi connectivity index (χ2n) is 8.46. The van der Waals surface area contributed by atoms with Crippen LogP contribution in [0.25, 0.3) is 0 Å². The van der Waals surface area contributed by atoms with Crippen LogP contribution in [-0.2, 0) is 16.0 Å². The molecule has 2 aromatic rings. The molecular weight excluding hydrogens is 366 g/mol. The molecule has 4 rings (SSSR count). The summed E-state index contributed by atoms with van der Waals surface area (Å²) in [7, 11) is 0. The number of nitrogens with zero attached hydrogens (tertiary/aromatic N) is 5. The van der Waals surface area contributed by atoms with Crippen LogP contribution in [0.1, 0.15) is 44.2 Å². The van der Waals surface area contributed by atoms with Crippen molar-refractivity contribution in [3.8, 4) is 0 Å². The smallest absolute Gasteiger partial charge is 0.247 e. The standard InChI is InChI=1S/C22H29N5O2/c1-18(27-17-23-16-24-27)21(29)25-12-9-22(10-13-25)14-20(28)26(15-22)11-5-8-19-6-3-2-4-7-19/h2-4,6-7,16-18H,5,8-15H2,1H3/t18-/m0/s1. The molecule has 3 heterocycles. The molecule has 1 aromatic heterocycles. The number of piperidine rings is 1. The first-order valence-electron chi connectivity index (χ1n) is 10.5. The van der Waals surface area contributed by atoms with E-state index in [-0.39, 0.29) is 23.3 Å². The highest BCUT2D eigenvalue weighted by Gasteiger charge is 2.45. The molecule has 2 saturated heterocycles. The molecular formula is C22H29N5O2. The second kappa shape index (κ2) is 8.35. The molecule has 1 atom stereocenters. The normalized spacial score (nSPS) is 19.7. The Morgan fingerprint density at radius 3 is 2.66 bits per heavy atom. The van der Waals surface area contributed by atoms with Crippen LogP contribution in [0.15, 0.2) is 43.0 Å². The molecule has 2 fully saturated rings. The Morgan fingerprint density at radius 1 is 1.21 bits per heavy atom. The van der Waals surface area contributed by atoms with E-state index in [1.54, 1.807) is 11.0 Å². The minimum Gasteiger partial charge on any atom is -0.342 e. The van der Waals surface area contributed by atoms with Crippen molar-refractivity contribution in [1.82, 2.24) is 24.6 Å². The molecule has 2 amide bonds. The van der Waals surface area contributed by atoms with E-state index in [0.717, 1.165) is 38.8 Å². The Hall–Kier alpha value is -2.70. The lowest BCUT2D eigenvalue weighted by Crippen LogP contribution is -2.46. The van der Waals surface area contributed by atoms with Crippen LogP contribution in [-0.4, -0.2) is 62.6 Å². The van der Waals surface area contributed by atoms with Gasteiger partial charge in [-0.2, -0.15) is 5.10 Å². The van der Waals surface area contributed by atoms with Gasteiger partial charge in [0.05, 0.1) is 0 Å². The fraction of sp³-hybridized carbons (Fsp3) is 0.545. The number of aromatic nitrogens is 3. The van der Waals surface area contributed by atoms with E-state index in [4.69, 9.17) is 0 Å². The van der Waals surface area contributed by atoms with Gasteiger partial charge in [0.2, 0.25) is 11.8 Å². The van der Waals surface area contributed by atoms with E-state index in [2.05, 4.69) is 34.3 Å². The van der Waals surface area contributed by atoms with Crippen molar-refractivity contribution in [1.29, 1.82) is 0 Å². The van der Waals surface area contributed by atoms with Crippen LogP contribution in [0.3, 0.4) is 0 Å². The lowest BCUT2D eigenvalue weighted by molar-refractivity contribution is -0.136. The minimum atomic E-state index is -0.341. The molecule has 29 heavy (non-hydrogen) atoms. The third-order valence-electron chi connectivity index (χ3n) is 6.47. The monoisotopic (exact) mass is 395 g/mol. The van der Waals surface area contributed by atoms with E-state index in [1.807, 2.05) is 22.8 Å². The van der Waals surface area contributed by atoms with E-state index >= 15 is 0 Å². The van der Waals surface area contributed by atoms with Crippen LogP contribution in [0, 0.1) is 5.41 Å². The third-order valence-corrected chi connectivity index (χ3v) is 6.47. The number of aryl methyl sites for hydroxylation is 1. The Balaban J connectivity index is 1.27. The van der Waals surface area contributed by atoms with Crippen molar-refractivity contribution in [2.75, 3.05) is 26.2 Å². The van der Waals surface area contributed by atoms with E-state index in [9.17, 15) is 9.59 Å². The molecule has 0 aliphatic carbocycles. The molecule has 2 aliphatic heterocycles. The summed E-state index contributed by atoms with van der Waals surface area (Å²) < 4.78 is 1.60. The summed E-state index contributed by atoms with van der Waals surface area (Å²) in [5.41, 5.74) is 1.36.